The summed E-state index contributed by atoms with van der Waals surface area (Å²) in [6, 6.07) is 7.00. The van der Waals surface area contributed by atoms with Crippen molar-refractivity contribution in [2.45, 2.75) is 52.5 Å². The second kappa shape index (κ2) is 4.81. The number of aryl methyl sites for hydroxylation is 2. The van der Waals surface area contributed by atoms with Gasteiger partial charge in [-0.3, -0.25) is 0 Å². The summed E-state index contributed by atoms with van der Waals surface area (Å²) in [6.45, 7) is 10.2. The minimum absolute atomic E-state index is 0.241. The maximum atomic E-state index is 3.77. The minimum Gasteiger partial charge on any atom is -0.307 e. The number of rotatable bonds is 3. The smallest absolute Gasteiger partial charge is 0.0437 e. The molecule has 1 aliphatic heterocycles. The fourth-order valence-electron chi connectivity index (χ4n) is 3.29. The molecule has 0 bridgehead atoms. The molecule has 2 rings (SSSR count). The van der Waals surface area contributed by atoms with Gasteiger partial charge in [0.1, 0.15) is 0 Å². The van der Waals surface area contributed by atoms with Crippen molar-refractivity contribution in [1.82, 2.24) is 5.32 Å². The molecule has 1 atom stereocenters. The Morgan fingerprint density at radius 1 is 1.18 bits per heavy atom. The van der Waals surface area contributed by atoms with Crippen molar-refractivity contribution < 1.29 is 0 Å². The molecule has 0 radical (unpaired) electrons. The van der Waals surface area contributed by atoms with Crippen LogP contribution in [0.4, 0.5) is 0 Å². The fourth-order valence-corrected chi connectivity index (χ4v) is 3.29. The van der Waals surface area contributed by atoms with E-state index in [1.807, 2.05) is 0 Å². The zero-order chi connectivity index (χ0) is 12.5. The summed E-state index contributed by atoms with van der Waals surface area (Å²) in [4.78, 5) is 0. The van der Waals surface area contributed by atoms with Gasteiger partial charge in [-0.2, -0.15) is 0 Å². The zero-order valence-electron chi connectivity index (χ0n) is 11.6. The van der Waals surface area contributed by atoms with Gasteiger partial charge in [0.2, 0.25) is 0 Å². The highest BCUT2D eigenvalue weighted by molar-refractivity contribution is 5.34. The molecule has 1 heterocycles. The van der Waals surface area contributed by atoms with Gasteiger partial charge < -0.3 is 5.32 Å². The van der Waals surface area contributed by atoms with E-state index in [9.17, 15) is 0 Å². The van der Waals surface area contributed by atoms with E-state index in [4.69, 9.17) is 0 Å². The standard InChI is InChI=1S/C16H25N/c1-12(2)11-16(6-5-7-17-16)15-9-13(3)8-14(4)10-15/h8-10,12,17H,5-7,11H2,1-4H3. The lowest BCUT2D eigenvalue weighted by Gasteiger charge is -2.32. The number of hydrogen-bond donors (Lipinski definition) is 1. The summed E-state index contributed by atoms with van der Waals surface area (Å²) in [6.07, 6.45) is 3.84. The molecule has 1 aromatic rings. The lowest BCUT2D eigenvalue weighted by molar-refractivity contribution is 0.310. The summed E-state index contributed by atoms with van der Waals surface area (Å²) >= 11 is 0. The highest BCUT2D eigenvalue weighted by atomic mass is 15.0. The van der Waals surface area contributed by atoms with Crippen molar-refractivity contribution in [1.29, 1.82) is 0 Å². The second-order valence-electron chi connectivity index (χ2n) is 6.09. The Morgan fingerprint density at radius 3 is 2.29 bits per heavy atom. The van der Waals surface area contributed by atoms with E-state index in [0.717, 1.165) is 5.92 Å². The molecule has 1 saturated heterocycles. The Bertz CT molecular complexity index is 366. The average Bonchev–Trinajstić information content (AvgIpc) is 2.65. The molecular weight excluding hydrogens is 206 g/mol. The van der Waals surface area contributed by atoms with Gasteiger partial charge in [0, 0.05) is 5.54 Å². The van der Waals surface area contributed by atoms with Crippen LogP contribution in [0, 0.1) is 19.8 Å². The van der Waals surface area contributed by atoms with Crippen molar-refractivity contribution in [2.75, 3.05) is 6.54 Å². The van der Waals surface area contributed by atoms with Crippen LogP contribution in [0.3, 0.4) is 0 Å². The van der Waals surface area contributed by atoms with Crippen LogP contribution in [0.15, 0.2) is 18.2 Å². The number of benzene rings is 1. The van der Waals surface area contributed by atoms with Crippen molar-refractivity contribution in [3.05, 3.63) is 34.9 Å². The molecule has 94 valence electrons. The molecular formula is C16H25N. The van der Waals surface area contributed by atoms with E-state index in [1.54, 1.807) is 0 Å². The second-order valence-corrected chi connectivity index (χ2v) is 6.09. The van der Waals surface area contributed by atoms with Gasteiger partial charge in [-0.05, 0) is 51.1 Å². The van der Waals surface area contributed by atoms with Crippen LogP contribution in [0.25, 0.3) is 0 Å². The van der Waals surface area contributed by atoms with Crippen LogP contribution >= 0.6 is 0 Å². The normalized spacial score (nSPS) is 24.5. The maximum absolute atomic E-state index is 3.77. The summed E-state index contributed by atoms with van der Waals surface area (Å²) in [5.41, 5.74) is 4.51. The minimum atomic E-state index is 0.241. The van der Waals surface area contributed by atoms with E-state index < -0.39 is 0 Å². The molecule has 1 N–H and O–H groups in total. The van der Waals surface area contributed by atoms with Crippen molar-refractivity contribution in [2.24, 2.45) is 5.92 Å². The van der Waals surface area contributed by atoms with Gasteiger partial charge in [-0.15, -0.1) is 0 Å². The molecule has 0 aliphatic carbocycles. The Hall–Kier alpha value is -0.820. The predicted octanol–water partition coefficient (Wildman–Crippen LogP) is 3.93. The lowest BCUT2D eigenvalue weighted by Crippen LogP contribution is -2.38. The van der Waals surface area contributed by atoms with Gasteiger partial charge in [-0.1, -0.05) is 43.2 Å². The molecule has 1 aliphatic rings. The first kappa shape index (κ1) is 12.6. The first-order valence-corrected chi connectivity index (χ1v) is 6.86. The molecule has 17 heavy (non-hydrogen) atoms. The SMILES string of the molecule is Cc1cc(C)cc(C2(CC(C)C)CCCN2)c1. The number of nitrogens with one attached hydrogen (secondary N) is 1. The largest absolute Gasteiger partial charge is 0.307 e. The highest BCUT2D eigenvalue weighted by Crippen LogP contribution is 2.37. The molecule has 0 saturated carbocycles. The van der Waals surface area contributed by atoms with Crippen molar-refractivity contribution in [3.63, 3.8) is 0 Å². The highest BCUT2D eigenvalue weighted by Gasteiger charge is 2.35. The molecule has 0 aromatic heterocycles. The summed E-state index contributed by atoms with van der Waals surface area (Å²) in [5.74, 6) is 0.737. The van der Waals surface area contributed by atoms with Gasteiger partial charge >= 0.3 is 0 Å². The van der Waals surface area contributed by atoms with Crippen molar-refractivity contribution in [3.8, 4) is 0 Å². The lowest BCUT2D eigenvalue weighted by atomic mass is 9.80. The third-order valence-corrected chi connectivity index (χ3v) is 3.77. The third kappa shape index (κ3) is 2.71. The van der Waals surface area contributed by atoms with Crippen molar-refractivity contribution >= 4 is 0 Å². The Balaban J connectivity index is 2.38. The van der Waals surface area contributed by atoms with Crippen LogP contribution < -0.4 is 5.32 Å². The van der Waals surface area contributed by atoms with E-state index >= 15 is 0 Å². The van der Waals surface area contributed by atoms with Crippen LogP contribution in [-0.4, -0.2) is 6.54 Å². The monoisotopic (exact) mass is 231 g/mol. The zero-order valence-corrected chi connectivity index (χ0v) is 11.6. The van der Waals surface area contributed by atoms with Gasteiger partial charge in [-0.25, -0.2) is 0 Å². The summed E-state index contributed by atoms with van der Waals surface area (Å²) < 4.78 is 0. The molecule has 1 nitrogen and oxygen atoms in total. The van der Waals surface area contributed by atoms with E-state index in [2.05, 4.69) is 51.2 Å². The van der Waals surface area contributed by atoms with E-state index in [1.165, 1.54) is 42.5 Å². The van der Waals surface area contributed by atoms with Crippen LogP contribution in [0.5, 0.6) is 0 Å². The molecule has 1 heteroatoms. The summed E-state index contributed by atoms with van der Waals surface area (Å²) in [5, 5.41) is 3.77. The topological polar surface area (TPSA) is 12.0 Å². The molecule has 1 fully saturated rings. The van der Waals surface area contributed by atoms with Gasteiger partial charge in [0.05, 0.1) is 0 Å². The Kier molecular flexibility index (Phi) is 3.58. The average molecular weight is 231 g/mol. The molecule has 0 spiro atoms. The molecule has 1 unspecified atom stereocenters. The molecule has 1 aromatic carbocycles. The fraction of sp³-hybridized carbons (Fsp3) is 0.625. The van der Waals surface area contributed by atoms with E-state index in [0.29, 0.717) is 0 Å². The van der Waals surface area contributed by atoms with Crippen LogP contribution in [0.2, 0.25) is 0 Å². The van der Waals surface area contributed by atoms with Crippen LogP contribution in [-0.2, 0) is 5.54 Å². The number of hydrogen-bond acceptors (Lipinski definition) is 1. The Labute approximate surface area is 106 Å². The third-order valence-electron chi connectivity index (χ3n) is 3.77. The van der Waals surface area contributed by atoms with Gasteiger partial charge in [0.25, 0.3) is 0 Å². The molecule has 0 amide bonds. The maximum Gasteiger partial charge on any atom is 0.0437 e. The van der Waals surface area contributed by atoms with Crippen LogP contribution in [0.1, 0.15) is 49.8 Å². The Morgan fingerprint density at radius 2 is 1.82 bits per heavy atom. The predicted molar refractivity (Wildman–Crippen MR) is 74.3 cm³/mol. The summed E-state index contributed by atoms with van der Waals surface area (Å²) in [7, 11) is 0. The van der Waals surface area contributed by atoms with Gasteiger partial charge in [0.15, 0.2) is 0 Å². The first-order chi connectivity index (χ1) is 8.02. The first-order valence-electron chi connectivity index (χ1n) is 6.86. The van der Waals surface area contributed by atoms with E-state index in [-0.39, 0.29) is 5.54 Å². The quantitative estimate of drug-likeness (QED) is 0.831.